The Morgan fingerprint density at radius 3 is 2.85 bits per heavy atom. The summed E-state index contributed by atoms with van der Waals surface area (Å²) in [5.74, 6) is 0.484. The Balaban J connectivity index is 1.81. The van der Waals surface area contributed by atoms with Crippen molar-refractivity contribution in [3.63, 3.8) is 0 Å². The van der Waals surface area contributed by atoms with Gasteiger partial charge < -0.3 is 20.3 Å². The minimum absolute atomic E-state index is 0.0779. The van der Waals surface area contributed by atoms with E-state index in [0.717, 1.165) is 51.9 Å². The predicted octanol–water partition coefficient (Wildman–Crippen LogP) is 1.09. The molecule has 7 heteroatoms. The molecule has 0 unspecified atom stereocenters. The maximum Gasteiger partial charge on any atom is 0.0888 e. The minimum atomic E-state index is -0.0779. The molecule has 1 aliphatic heterocycles. The molecule has 0 atom stereocenters. The Kier molecular flexibility index (Phi) is 6.69. The largest absolute Gasteiger partial charge is 0.396 e. The number of rotatable bonds is 8. The fourth-order valence-corrected chi connectivity index (χ4v) is 4.54. The smallest absolute Gasteiger partial charge is 0.0888 e. The molecule has 1 fully saturated rings. The molecule has 0 spiro atoms. The van der Waals surface area contributed by atoms with Gasteiger partial charge in [-0.15, -0.1) is 0 Å². The fourth-order valence-electron chi connectivity index (χ4n) is 4.54. The van der Waals surface area contributed by atoms with E-state index in [-0.39, 0.29) is 12.0 Å². The first-order valence-electron chi connectivity index (χ1n) is 9.77. The summed E-state index contributed by atoms with van der Waals surface area (Å²) in [4.78, 5) is 2.24. The van der Waals surface area contributed by atoms with Crippen LogP contribution < -0.4 is 5.73 Å². The van der Waals surface area contributed by atoms with Gasteiger partial charge in [-0.3, -0.25) is 9.58 Å². The zero-order chi connectivity index (χ0) is 18.6. The van der Waals surface area contributed by atoms with Crippen LogP contribution in [0.3, 0.4) is 0 Å². The van der Waals surface area contributed by atoms with Gasteiger partial charge in [0.05, 0.1) is 44.4 Å². The summed E-state index contributed by atoms with van der Waals surface area (Å²) in [6.45, 7) is 5.41. The molecule has 1 aromatic rings. The number of hydrogen-bond donors (Lipinski definition) is 2. The Morgan fingerprint density at radius 2 is 2.19 bits per heavy atom. The van der Waals surface area contributed by atoms with Gasteiger partial charge in [0.1, 0.15) is 0 Å². The van der Waals surface area contributed by atoms with Crippen LogP contribution in [-0.4, -0.2) is 66.9 Å². The highest BCUT2D eigenvalue weighted by molar-refractivity contribution is 5.31. The van der Waals surface area contributed by atoms with Crippen LogP contribution in [0.1, 0.15) is 48.6 Å². The van der Waals surface area contributed by atoms with Gasteiger partial charge in [0, 0.05) is 37.7 Å². The Morgan fingerprint density at radius 1 is 1.42 bits per heavy atom. The van der Waals surface area contributed by atoms with E-state index < -0.39 is 0 Å². The molecule has 0 aromatic carbocycles. The van der Waals surface area contributed by atoms with Crippen LogP contribution in [0.5, 0.6) is 0 Å². The van der Waals surface area contributed by atoms with E-state index in [2.05, 4.69) is 16.6 Å². The first kappa shape index (κ1) is 19.8. The summed E-state index contributed by atoms with van der Waals surface area (Å²) in [6, 6.07) is 0. The highest BCUT2D eigenvalue weighted by Gasteiger charge is 2.38. The van der Waals surface area contributed by atoms with E-state index in [1.54, 1.807) is 7.11 Å². The van der Waals surface area contributed by atoms with Gasteiger partial charge in [-0.25, -0.2) is 0 Å². The molecule has 7 nitrogen and oxygen atoms in total. The summed E-state index contributed by atoms with van der Waals surface area (Å²) in [5, 5.41) is 14.8. The number of aliphatic hydroxyl groups is 1. The number of likely N-dealkylation sites (N-methyl/N-ethyl adjacent to an activating group) is 1. The molecule has 2 aliphatic rings. The van der Waals surface area contributed by atoms with E-state index in [0.29, 0.717) is 25.7 Å². The third-order valence-corrected chi connectivity index (χ3v) is 6.03. The zero-order valence-corrected chi connectivity index (χ0v) is 16.2. The van der Waals surface area contributed by atoms with Crippen molar-refractivity contribution in [2.24, 2.45) is 11.1 Å². The fraction of sp³-hybridized carbons (Fsp3) is 0.842. The highest BCUT2D eigenvalue weighted by Crippen LogP contribution is 2.45. The molecule has 26 heavy (non-hydrogen) atoms. The Labute approximate surface area is 156 Å². The summed E-state index contributed by atoms with van der Waals surface area (Å²) in [5.41, 5.74) is 9.45. The van der Waals surface area contributed by atoms with Crippen molar-refractivity contribution in [2.75, 3.05) is 47.1 Å². The van der Waals surface area contributed by atoms with Crippen LogP contribution in [0.4, 0.5) is 0 Å². The standard InChI is InChI=1S/C19H34N4O3/c1-22(8-7-20)11-16-18(17-12-26-10-9-23(17)21-16)15-3-5-19(13-24,6-4-15)14-25-2/h15,24H,3-14,20H2,1-2H3. The molecule has 3 rings (SSSR count). The van der Waals surface area contributed by atoms with Crippen LogP contribution in [0.2, 0.25) is 0 Å². The van der Waals surface area contributed by atoms with Crippen molar-refractivity contribution in [1.82, 2.24) is 14.7 Å². The number of nitrogens with two attached hydrogens (primary N) is 1. The van der Waals surface area contributed by atoms with E-state index in [9.17, 15) is 5.11 Å². The quantitative estimate of drug-likeness (QED) is 0.716. The molecule has 1 aliphatic carbocycles. The van der Waals surface area contributed by atoms with E-state index in [1.807, 2.05) is 0 Å². The molecule has 0 bridgehead atoms. The lowest BCUT2D eigenvalue weighted by Gasteiger charge is -2.39. The molecule has 0 saturated heterocycles. The zero-order valence-electron chi connectivity index (χ0n) is 16.2. The molecule has 3 N–H and O–H groups in total. The van der Waals surface area contributed by atoms with Crippen molar-refractivity contribution >= 4 is 0 Å². The normalized spacial score (nSPS) is 26.3. The van der Waals surface area contributed by atoms with Gasteiger partial charge >= 0.3 is 0 Å². The summed E-state index contributed by atoms with van der Waals surface area (Å²) in [6.07, 6.45) is 4.11. The van der Waals surface area contributed by atoms with Gasteiger partial charge in [0.2, 0.25) is 0 Å². The molecule has 2 heterocycles. The highest BCUT2D eigenvalue weighted by atomic mass is 16.5. The van der Waals surface area contributed by atoms with Crippen LogP contribution in [0.25, 0.3) is 0 Å². The van der Waals surface area contributed by atoms with Gasteiger partial charge in [0.25, 0.3) is 0 Å². The predicted molar refractivity (Wildman–Crippen MR) is 99.9 cm³/mol. The molecule has 1 saturated carbocycles. The first-order chi connectivity index (χ1) is 12.6. The molecule has 1 aromatic heterocycles. The van der Waals surface area contributed by atoms with Crippen LogP contribution in [0.15, 0.2) is 0 Å². The molecule has 148 valence electrons. The third-order valence-electron chi connectivity index (χ3n) is 6.03. The average molecular weight is 367 g/mol. The Bertz CT molecular complexity index is 582. The second-order valence-electron chi connectivity index (χ2n) is 7.97. The lowest BCUT2D eigenvalue weighted by atomic mass is 9.69. The van der Waals surface area contributed by atoms with Crippen molar-refractivity contribution in [1.29, 1.82) is 0 Å². The van der Waals surface area contributed by atoms with E-state index in [1.165, 1.54) is 17.0 Å². The van der Waals surface area contributed by atoms with Crippen LogP contribution in [0, 0.1) is 5.41 Å². The maximum atomic E-state index is 9.88. The van der Waals surface area contributed by atoms with Gasteiger partial charge in [0.15, 0.2) is 0 Å². The summed E-state index contributed by atoms with van der Waals surface area (Å²) >= 11 is 0. The number of nitrogens with zero attached hydrogens (tertiary/aromatic N) is 3. The number of aromatic nitrogens is 2. The maximum absolute atomic E-state index is 9.88. The lowest BCUT2D eigenvalue weighted by Crippen LogP contribution is -2.35. The lowest BCUT2D eigenvalue weighted by molar-refractivity contribution is -0.00133. The number of aliphatic hydroxyl groups excluding tert-OH is 1. The van der Waals surface area contributed by atoms with Gasteiger partial charge in [-0.05, 0) is 38.6 Å². The van der Waals surface area contributed by atoms with E-state index in [4.69, 9.17) is 20.3 Å². The Hall–Kier alpha value is -0.990. The van der Waals surface area contributed by atoms with Crippen molar-refractivity contribution in [3.8, 4) is 0 Å². The topological polar surface area (TPSA) is 85.8 Å². The minimum Gasteiger partial charge on any atom is -0.396 e. The molecule has 0 amide bonds. The second-order valence-corrected chi connectivity index (χ2v) is 7.97. The molecular formula is C19H34N4O3. The number of methoxy groups -OCH3 is 1. The average Bonchev–Trinajstić information content (AvgIpc) is 3.00. The monoisotopic (exact) mass is 366 g/mol. The molecule has 0 radical (unpaired) electrons. The first-order valence-corrected chi connectivity index (χ1v) is 9.77. The van der Waals surface area contributed by atoms with Gasteiger partial charge in [-0.1, -0.05) is 0 Å². The van der Waals surface area contributed by atoms with Crippen LogP contribution >= 0.6 is 0 Å². The summed E-state index contributed by atoms with van der Waals surface area (Å²) in [7, 11) is 3.82. The van der Waals surface area contributed by atoms with E-state index >= 15 is 0 Å². The number of hydrogen-bond acceptors (Lipinski definition) is 6. The second kappa shape index (κ2) is 8.80. The third kappa shape index (κ3) is 4.12. The SMILES string of the molecule is COCC1(CO)CCC(c2c(CN(C)CCN)nn3c2COCC3)CC1. The van der Waals surface area contributed by atoms with Crippen molar-refractivity contribution in [2.45, 2.75) is 51.3 Å². The number of ether oxygens (including phenoxy) is 2. The number of fused-ring (bicyclic) bond motifs is 1. The summed E-state index contributed by atoms with van der Waals surface area (Å²) < 4.78 is 13.3. The van der Waals surface area contributed by atoms with Gasteiger partial charge in [-0.2, -0.15) is 5.10 Å². The van der Waals surface area contributed by atoms with Crippen LogP contribution in [-0.2, 0) is 29.2 Å². The molecular weight excluding hydrogens is 332 g/mol. The van der Waals surface area contributed by atoms with Crippen molar-refractivity contribution in [3.05, 3.63) is 17.0 Å². The van der Waals surface area contributed by atoms with Crippen molar-refractivity contribution < 1.29 is 14.6 Å².